The Balaban J connectivity index is 1.76. The molecule has 0 saturated carbocycles. The monoisotopic (exact) mass is 417 g/mol. The van der Waals surface area contributed by atoms with E-state index < -0.39 is 10.0 Å². The molecular weight excluding hydrogens is 394 g/mol. The van der Waals surface area contributed by atoms with Crippen LogP contribution < -0.4 is 5.32 Å². The number of rotatable bonds is 3. The Hall–Kier alpha value is -0.930. The molecule has 144 valence electrons. The molecule has 0 amide bonds. The number of benzene rings is 1. The second-order valence-corrected chi connectivity index (χ2v) is 9.49. The third kappa shape index (κ3) is 4.48. The van der Waals surface area contributed by atoms with Gasteiger partial charge in [-0.05, 0) is 49.2 Å². The van der Waals surface area contributed by atoms with Crippen molar-refractivity contribution in [3.05, 3.63) is 23.2 Å². The van der Waals surface area contributed by atoms with Crippen LogP contribution in [-0.4, -0.2) is 62.1 Å². The Morgan fingerprint density at radius 1 is 1.23 bits per heavy atom. The van der Waals surface area contributed by atoms with Crippen LogP contribution in [0.3, 0.4) is 0 Å². The molecule has 9 heteroatoms. The van der Waals surface area contributed by atoms with Crippen molar-refractivity contribution in [2.24, 2.45) is 5.92 Å². The molecule has 0 bridgehead atoms. The van der Waals surface area contributed by atoms with Crippen molar-refractivity contribution < 1.29 is 13.2 Å². The molecule has 2 saturated heterocycles. The lowest BCUT2D eigenvalue weighted by Gasteiger charge is -2.32. The zero-order chi connectivity index (χ0) is 18.7. The minimum atomic E-state index is -3.57. The second kappa shape index (κ2) is 8.39. The molecule has 2 aliphatic rings. The van der Waals surface area contributed by atoms with Crippen LogP contribution in [-0.2, 0) is 14.8 Å². The Morgan fingerprint density at radius 3 is 2.54 bits per heavy atom. The molecule has 0 spiro atoms. The Morgan fingerprint density at radius 2 is 1.88 bits per heavy atom. The van der Waals surface area contributed by atoms with Gasteiger partial charge in [0.25, 0.3) is 0 Å². The standard InChI is InChI=1S/C17H24ClN3O3S2/c1-13-4-6-20(7-5-13)17(25)19-16-12-14(2-3-15(16)18)26(22,23)21-8-10-24-11-9-21/h2-3,12-13H,4-11H2,1H3,(H,19,25). The van der Waals surface area contributed by atoms with Gasteiger partial charge >= 0.3 is 0 Å². The quantitative estimate of drug-likeness (QED) is 0.763. The maximum absolute atomic E-state index is 12.8. The van der Waals surface area contributed by atoms with Crippen LogP contribution in [0.2, 0.25) is 5.02 Å². The van der Waals surface area contributed by atoms with Crippen molar-refractivity contribution in [3.63, 3.8) is 0 Å². The number of hydrogen-bond donors (Lipinski definition) is 1. The van der Waals surface area contributed by atoms with Crippen LogP contribution in [0.5, 0.6) is 0 Å². The number of thiocarbonyl (C=S) groups is 1. The largest absolute Gasteiger partial charge is 0.379 e. The molecule has 0 aliphatic carbocycles. The van der Waals surface area contributed by atoms with Crippen LogP contribution in [0.1, 0.15) is 19.8 Å². The number of sulfonamides is 1. The smallest absolute Gasteiger partial charge is 0.243 e. The summed E-state index contributed by atoms with van der Waals surface area (Å²) >= 11 is 11.8. The minimum Gasteiger partial charge on any atom is -0.379 e. The average Bonchev–Trinajstić information content (AvgIpc) is 2.64. The molecule has 0 unspecified atom stereocenters. The van der Waals surface area contributed by atoms with E-state index in [9.17, 15) is 8.42 Å². The minimum absolute atomic E-state index is 0.210. The number of hydrogen-bond acceptors (Lipinski definition) is 4. The fraction of sp³-hybridized carbons (Fsp3) is 0.588. The maximum Gasteiger partial charge on any atom is 0.243 e. The second-order valence-electron chi connectivity index (χ2n) is 6.76. The van der Waals surface area contributed by atoms with E-state index in [1.54, 1.807) is 12.1 Å². The van der Waals surface area contributed by atoms with Crippen LogP contribution in [0.25, 0.3) is 0 Å². The molecule has 0 aromatic heterocycles. The Kier molecular flexibility index (Phi) is 6.40. The normalized spacial score (nSPS) is 20.2. The van der Waals surface area contributed by atoms with Crippen LogP contribution in [0.4, 0.5) is 5.69 Å². The van der Waals surface area contributed by atoms with Crippen molar-refractivity contribution in [2.45, 2.75) is 24.7 Å². The van der Waals surface area contributed by atoms with Crippen molar-refractivity contribution >= 4 is 44.6 Å². The Labute approximate surface area is 165 Å². The van der Waals surface area contributed by atoms with Gasteiger partial charge in [-0.15, -0.1) is 0 Å². The van der Waals surface area contributed by atoms with Gasteiger partial charge in [-0.25, -0.2) is 8.42 Å². The molecule has 1 aromatic carbocycles. The first-order chi connectivity index (χ1) is 12.4. The highest BCUT2D eigenvalue weighted by atomic mass is 35.5. The lowest BCUT2D eigenvalue weighted by Crippen LogP contribution is -2.41. The first kappa shape index (κ1) is 19.8. The van der Waals surface area contributed by atoms with Gasteiger partial charge in [-0.2, -0.15) is 4.31 Å². The third-order valence-electron chi connectivity index (χ3n) is 4.86. The van der Waals surface area contributed by atoms with Gasteiger partial charge < -0.3 is 15.0 Å². The Bertz CT molecular complexity index is 759. The van der Waals surface area contributed by atoms with Crippen molar-refractivity contribution in [1.82, 2.24) is 9.21 Å². The summed E-state index contributed by atoms with van der Waals surface area (Å²) in [5.41, 5.74) is 0.518. The summed E-state index contributed by atoms with van der Waals surface area (Å²) in [5.74, 6) is 0.708. The molecule has 0 radical (unpaired) electrons. The molecule has 26 heavy (non-hydrogen) atoms. The highest BCUT2D eigenvalue weighted by molar-refractivity contribution is 7.89. The molecular formula is C17H24ClN3O3S2. The number of likely N-dealkylation sites (tertiary alicyclic amines) is 1. The van der Waals surface area contributed by atoms with Crippen LogP contribution >= 0.6 is 23.8 Å². The predicted molar refractivity (Wildman–Crippen MR) is 107 cm³/mol. The fourth-order valence-corrected chi connectivity index (χ4v) is 4.99. The summed E-state index contributed by atoms with van der Waals surface area (Å²) in [4.78, 5) is 2.32. The van der Waals surface area contributed by atoms with Gasteiger partial charge in [-0.3, -0.25) is 0 Å². The molecule has 2 aliphatic heterocycles. The molecule has 1 N–H and O–H groups in total. The first-order valence-electron chi connectivity index (χ1n) is 8.81. The number of halogens is 1. The first-order valence-corrected chi connectivity index (χ1v) is 11.0. The summed E-state index contributed by atoms with van der Waals surface area (Å²) < 4.78 is 32.3. The molecule has 1 aromatic rings. The number of nitrogens with one attached hydrogen (secondary N) is 1. The summed E-state index contributed by atoms with van der Waals surface area (Å²) in [5, 5.41) is 4.15. The van der Waals surface area contributed by atoms with Gasteiger partial charge in [-0.1, -0.05) is 18.5 Å². The van der Waals surface area contributed by atoms with E-state index in [1.165, 1.54) is 10.4 Å². The zero-order valence-corrected chi connectivity index (χ0v) is 17.2. The summed E-state index contributed by atoms with van der Waals surface area (Å²) in [7, 11) is -3.57. The number of ether oxygens (including phenoxy) is 1. The molecule has 2 fully saturated rings. The molecule has 2 heterocycles. The van der Waals surface area contributed by atoms with Crippen LogP contribution in [0, 0.1) is 5.92 Å². The number of nitrogens with zero attached hydrogens (tertiary/aromatic N) is 2. The van der Waals surface area contributed by atoms with E-state index in [1.807, 2.05) is 0 Å². The summed E-state index contributed by atoms with van der Waals surface area (Å²) in [6.45, 7) is 5.58. The molecule has 0 atom stereocenters. The van der Waals surface area contributed by atoms with E-state index in [0.717, 1.165) is 25.9 Å². The molecule has 6 nitrogen and oxygen atoms in total. The third-order valence-corrected chi connectivity index (χ3v) is 7.44. The van der Waals surface area contributed by atoms with Gasteiger partial charge in [0, 0.05) is 26.2 Å². The van der Waals surface area contributed by atoms with E-state index >= 15 is 0 Å². The number of piperidine rings is 1. The summed E-state index contributed by atoms with van der Waals surface area (Å²) in [6, 6.07) is 4.69. The van der Waals surface area contributed by atoms with Crippen molar-refractivity contribution in [2.75, 3.05) is 44.7 Å². The SMILES string of the molecule is CC1CCN(C(=S)Nc2cc(S(=O)(=O)N3CCOCC3)ccc2Cl)CC1. The van der Waals surface area contributed by atoms with E-state index in [0.29, 0.717) is 48.0 Å². The van der Waals surface area contributed by atoms with Gasteiger partial charge in [0.1, 0.15) is 0 Å². The predicted octanol–water partition coefficient (Wildman–Crippen LogP) is 2.79. The topological polar surface area (TPSA) is 61.9 Å². The van der Waals surface area contributed by atoms with Gasteiger partial charge in [0.05, 0.1) is 28.8 Å². The van der Waals surface area contributed by atoms with Crippen LogP contribution in [0.15, 0.2) is 23.1 Å². The van der Waals surface area contributed by atoms with Crippen molar-refractivity contribution in [1.29, 1.82) is 0 Å². The zero-order valence-electron chi connectivity index (χ0n) is 14.8. The summed E-state index contributed by atoms with van der Waals surface area (Å²) in [6.07, 6.45) is 2.20. The van der Waals surface area contributed by atoms with E-state index in [4.69, 9.17) is 28.6 Å². The number of anilines is 1. The average molecular weight is 418 g/mol. The maximum atomic E-state index is 12.8. The fourth-order valence-electron chi connectivity index (χ4n) is 3.10. The van der Waals surface area contributed by atoms with Gasteiger partial charge in [0.2, 0.25) is 10.0 Å². The lowest BCUT2D eigenvalue weighted by atomic mass is 10.00. The number of morpholine rings is 1. The highest BCUT2D eigenvalue weighted by Crippen LogP contribution is 2.28. The van der Waals surface area contributed by atoms with Crippen molar-refractivity contribution in [3.8, 4) is 0 Å². The van der Waals surface area contributed by atoms with E-state index in [-0.39, 0.29) is 4.90 Å². The van der Waals surface area contributed by atoms with Gasteiger partial charge in [0.15, 0.2) is 5.11 Å². The highest BCUT2D eigenvalue weighted by Gasteiger charge is 2.27. The van der Waals surface area contributed by atoms with E-state index in [2.05, 4.69) is 17.1 Å². The lowest BCUT2D eigenvalue weighted by molar-refractivity contribution is 0.0730. The molecule has 3 rings (SSSR count).